The number of esters is 2. The number of rotatable bonds is 42. The zero-order chi connectivity index (χ0) is 47.4. The first-order valence-electron chi connectivity index (χ1n) is 23.0. The third-order valence-electron chi connectivity index (χ3n) is 9.02. The molecular formula is C48H80O14P2. The molecule has 14 nitrogen and oxygen atoms in total. The Hall–Kier alpha value is -3.00. The highest BCUT2D eigenvalue weighted by Crippen LogP contribution is 2.43. The van der Waals surface area contributed by atoms with Crippen molar-refractivity contribution in [2.45, 2.75) is 167 Å². The van der Waals surface area contributed by atoms with Gasteiger partial charge in [-0.1, -0.05) is 143 Å². The second-order valence-electron chi connectivity index (χ2n) is 15.2. The van der Waals surface area contributed by atoms with Crippen molar-refractivity contribution in [3.05, 3.63) is 97.2 Å². The lowest BCUT2D eigenvalue weighted by atomic mass is 10.1. The summed E-state index contributed by atoms with van der Waals surface area (Å²) >= 11 is 0. The van der Waals surface area contributed by atoms with Crippen LogP contribution in [0, 0.1) is 0 Å². The van der Waals surface area contributed by atoms with E-state index in [0.717, 1.165) is 51.4 Å². The van der Waals surface area contributed by atoms with Gasteiger partial charge in [0.1, 0.15) is 12.7 Å². The summed E-state index contributed by atoms with van der Waals surface area (Å²) in [6, 6.07) is 0. The molecule has 366 valence electrons. The quantitative estimate of drug-likeness (QED) is 0.0127. The number of phosphoric acid groups is 2. The van der Waals surface area contributed by atoms with E-state index in [4.69, 9.17) is 23.8 Å². The monoisotopic (exact) mass is 943 g/mol. The molecule has 0 saturated heterocycles. The molecule has 0 aliphatic carbocycles. The van der Waals surface area contributed by atoms with Gasteiger partial charge in [-0.25, -0.2) is 9.13 Å². The number of phosphoric ester groups is 2. The molecule has 0 amide bonds. The van der Waals surface area contributed by atoms with E-state index in [1.54, 1.807) is 6.08 Å². The maximum atomic E-state index is 12.7. The molecule has 64 heavy (non-hydrogen) atoms. The Morgan fingerprint density at radius 1 is 0.516 bits per heavy atom. The first-order valence-corrected chi connectivity index (χ1v) is 26.1. The number of ether oxygens (including phenoxy) is 2. The predicted octanol–water partition coefficient (Wildman–Crippen LogP) is 11.1. The third kappa shape index (κ3) is 45.6. The molecule has 0 aromatic heterocycles. The first kappa shape index (κ1) is 61.0. The van der Waals surface area contributed by atoms with E-state index in [-0.39, 0.29) is 12.8 Å². The average Bonchev–Trinajstić information content (AvgIpc) is 3.25. The van der Waals surface area contributed by atoms with Crippen molar-refractivity contribution < 1.29 is 66.7 Å². The van der Waals surface area contributed by atoms with Crippen LogP contribution in [0.15, 0.2) is 97.2 Å². The van der Waals surface area contributed by atoms with E-state index >= 15 is 0 Å². The van der Waals surface area contributed by atoms with Crippen molar-refractivity contribution in [2.24, 2.45) is 0 Å². The van der Waals surface area contributed by atoms with Gasteiger partial charge in [0.05, 0.1) is 25.9 Å². The first-order chi connectivity index (χ1) is 30.8. The maximum absolute atomic E-state index is 12.7. The van der Waals surface area contributed by atoms with Crippen LogP contribution in [0.1, 0.15) is 149 Å². The number of aliphatic hydroxyl groups excluding tert-OH is 2. The molecule has 0 spiro atoms. The molecule has 0 heterocycles. The van der Waals surface area contributed by atoms with Crippen LogP contribution in [0.3, 0.4) is 0 Å². The molecule has 0 fully saturated rings. The van der Waals surface area contributed by atoms with Crippen LogP contribution in [0.4, 0.5) is 0 Å². The van der Waals surface area contributed by atoms with Crippen LogP contribution in [0.5, 0.6) is 0 Å². The van der Waals surface area contributed by atoms with Crippen molar-refractivity contribution in [1.82, 2.24) is 0 Å². The van der Waals surface area contributed by atoms with Crippen molar-refractivity contribution in [3.63, 3.8) is 0 Å². The lowest BCUT2D eigenvalue weighted by Gasteiger charge is -2.20. The van der Waals surface area contributed by atoms with Crippen LogP contribution >= 0.6 is 15.6 Å². The smallest absolute Gasteiger partial charge is 0.462 e. The Labute approximate surface area is 383 Å². The lowest BCUT2D eigenvalue weighted by Crippen LogP contribution is -2.30. The topological polar surface area (TPSA) is 216 Å². The fraction of sp³-hybridized carbons (Fsp3) is 0.625. The van der Waals surface area contributed by atoms with Gasteiger partial charge in [-0.15, -0.1) is 0 Å². The standard InChI is InChI=1S/C48H80O14P2/c1-3-5-7-9-11-12-13-14-15-16-17-18-19-20-21-22-26-31-35-39-48(52)62-46(43-61-64(56,57)60-41-45(50)40-59-63(53,54)55)42-58-47(51)38-34-30-27-23-25-29-33-37-44(49)36-32-28-24-10-8-6-4-2/h11-12,14-15,17-18,20-21,23-24,27-29,32-33,36,44-46,49-50H,3-10,13,16,19,22,25-26,30-31,34-35,37-43H2,1-2H3,(H,56,57)(H2,53,54,55)/b12-11-,15-14-,18-17-,21-20-,27-23+,28-24-,33-29-,36-32-/t44-,45+,46-/m1/s1. The Bertz CT molecular complexity index is 1510. The molecule has 0 aromatic rings. The van der Waals surface area contributed by atoms with Gasteiger partial charge in [-0.3, -0.25) is 23.2 Å². The van der Waals surface area contributed by atoms with Crippen molar-refractivity contribution in [2.75, 3.05) is 26.4 Å². The number of carbonyl (C=O) groups excluding carboxylic acids is 2. The summed E-state index contributed by atoms with van der Waals surface area (Å²) in [5.41, 5.74) is 0. The second kappa shape index (κ2) is 42.6. The zero-order valence-electron chi connectivity index (χ0n) is 38.5. The molecule has 0 aliphatic heterocycles. The summed E-state index contributed by atoms with van der Waals surface area (Å²) in [5.74, 6) is -1.18. The summed E-state index contributed by atoms with van der Waals surface area (Å²) in [7, 11) is -9.74. The van der Waals surface area contributed by atoms with Crippen molar-refractivity contribution in [1.29, 1.82) is 0 Å². The van der Waals surface area contributed by atoms with E-state index in [9.17, 15) is 33.8 Å². The molecular weight excluding hydrogens is 862 g/mol. The molecule has 0 bridgehead atoms. The van der Waals surface area contributed by atoms with Gasteiger partial charge in [0.25, 0.3) is 0 Å². The number of hydrogen-bond acceptors (Lipinski definition) is 11. The second-order valence-corrected chi connectivity index (χ2v) is 17.9. The fourth-order valence-corrected chi connectivity index (χ4v) is 6.62. The summed E-state index contributed by atoms with van der Waals surface area (Å²) in [6.07, 6.45) is 47.1. The molecule has 0 rings (SSSR count). The number of unbranched alkanes of at least 4 members (excludes halogenated alkanes) is 10. The van der Waals surface area contributed by atoms with Crippen LogP contribution in [0.25, 0.3) is 0 Å². The number of allylic oxidation sites excluding steroid dienone is 14. The van der Waals surface area contributed by atoms with Gasteiger partial charge in [-0.2, -0.15) is 0 Å². The maximum Gasteiger partial charge on any atom is 0.472 e. The molecule has 0 aromatic carbocycles. The van der Waals surface area contributed by atoms with Gasteiger partial charge in [0, 0.05) is 12.8 Å². The minimum atomic E-state index is -4.89. The number of aliphatic hydroxyl groups is 2. The Morgan fingerprint density at radius 2 is 1.00 bits per heavy atom. The average molecular weight is 943 g/mol. The van der Waals surface area contributed by atoms with E-state index in [1.807, 2.05) is 36.5 Å². The Kier molecular flexibility index (Phi) is 40.6. The summed E-state index contributed by atoms with van der Waals surface area (Å²) in [5, 5.41) is 19.8. The van der Waals surface area contributed by atoms with E-state index < -0.39 is 72.3 Å². The normalized spacial score (nSPS) is 15.3. The minimum Gasteiger partial charge on any atom is -0.462 e. The van der Waals surface area contributed by atoms with Crippen LogP contribution in [-0.2, 0) is 41.8 Å². The highest BCUT2D eigenvalue weighted by molar-refractivity contribution is 7.47. The molecule has 4 atom stereocenters. The zero-order valence-corrected chi connectivity index (χ0v) is 40.2. The Balaban J connectivity index is 4.71. The van der Waals surface area contributed by atoms with Crippen LogP contribution in [0.2, 0.25) is 0 Å². The summed E-state index contributed by atoms with van der Waals surface area (Å²) in [6.45, 7) is 1.50. The number of hydrogen-bond donors (Lipinski definition) is 5. The summed E-state index contributed by atoms with van der Waals surface area (Å²) < 4.78 is 47.7. The summed E-state index contributed by atoms with van der Waals surface area (Å²) in [4.78, 5) is 52.8. The van der Waals surface area contributed by atoms with Gasteiger partial charge in [-0.05, 0) is 89.9 Å². The molecule has 16 heteroatoms. The minimum absolute atomic E-state index is 0.0636. The van der Waals surface area contributed by atoms with E-state index in [0.29, 0.717) is 32.1 Å². The van der Waals surface area contributed by atoms with Crippen molar-refractivity contribution in [3.8, 4) is 0 Å². The SMILES string of the molecule is CCCCC/C=C\C=C/[C@@H](O)C/C=C\C/C=C/CCCC(=O)OC[C@H](COP(=O)(O)OC[C@@H](O)COP(=O)(O)O)OC(=O)CCCCC/C=C\C/C=C\C/C=C\C/C=C\CCCCC. The van der Waals surface area contributed by atoms with Gasteiger partial charge in [0.2, 0.25) is 0 Å². The molecule has 0 saturated carbocycles. The molecule has 0 aliphatic rings. The van der Waals surface area contributed by atoms with Crippen LogP contribution < -0.4 is 0 Å². The van der Waals surface area contributed by atoms with Gasteiger partial charge in [0.15, 0.2) is 6.10 Å². The number of carbonyl (C=O) groups is 2. The molecule has 0 radical (unpaired) electrons. The lowest BCUT2D eigenvalue weighted by molar-refractivity contribution is -0.161. The van der Waals surface area contributed by atoms with E-state index in [1.165, 1.54) is 38.5 Å². The predicted molar refractivity (Wildman–Crippen MR) is 254 cm³/mol. The largest absolute Gasteiger partial charge is 0.472 e. The van der Waals surface area contributed by atoms with Gasteiger partial charge < -0.3 is 34.4 Å². The van der Waals surface area contributed by atoms with Gasteiger partial charge >= 0.3 is 27.6 Å². The molecule has 1 unspecified atom stereocenters. The van der Waals surface area contributed by atoms with Crippen molar-refractivity contribution >= 4 is 27.6 Å². The molecule has 5 N–H and O–H groups in total. The van der Waals surface area contributed by atoms with E-state index in [2.05, 4.69) is 77.6 Å². The fourth-order valence-electron chi connectivity index (χ4n) is 5.46. The van der Waals surface area contributed by atoms with Crippen LogP contribution in [-0.4, -0.2) is 81.6 Å². The highest BCUT2D eigenvalue weighted by atomic mass is 31.2. The Morgan fingerprint density at radius 3 is 1.58 bits per heavy atom. The highest BCUT2D eigenvalue weighted by Gasteiger charge is 2.28. The third-order valence-corrected chi connectivity index (χ3v) is 10.5.